The van der Waals surface area contributed by atoms with E-state index in [1.165, 1.54) is 0 Å². The molecule has 0 bridgehead atoms. The van der Waals surface area contributed by atoms with Gasteiger partial charge in [-0.15, -0.1) is 0 Å². The molecule has 7 heteroatoms. The van der Waals surface area contributed by atoms with E-state index in [1.807, 2.05) is 14.0 Å². The van der Waals surface area contributed by atoms with E-state index in [2.05, 4.69) is 5.10 Å². The molecule has 1 atom stereocenters. The summed E-state index contributed by atoms with van der Waals surface area (Å²) >= 11 is 7.70. The number of carboxylic acid groups (broad SMARTS) is 1. The number of aliphatic carboxylic acids is 1. The van der Waals surface area contributed by atoms with Crippen molar-refractivity contribution in [2.45, 2.75) is 25.1 Å². The van der Waals surface area contributed by atoms with E-state index in [9.17, 15) is 4.79 Å². The predicted molar refractivity (Wildman–Crippen MR) is 69.3 cm³/mol. The number of hydrogen-bond acceptors (Lipinski definition) is 4. The van der Waals surface area contributed by atoms with Crippen molar-refractivity contribution in [3.63, 3.8) is 0 Å². The first-order chi connectivity index (χ1) is 7.93. The molecule has 0 aromatic carbocycles. The lowest BCUT2D eigenvalue weighted by molar-refractivity contribution is -0.138. The third kappa shape index (κ3) is 3.90. The Hall–Kier alpha value is -0.720. The fraction of sp³-hybridized carbons (Fsp3) is 0.600. The molecule has 1 aromatic rings. The van der Waals surface area contributed by atoms with Gasteiger partial charge < -0.3 is 10.8 Å². The Balaban J connectivity index is 2.39. The molecule has 0 saturated carbocycles. The summed E-state index contributed by atoms with van der Waals surface area (Å²) in [5.74, 6) is 0.441. The van der Waals surface area contributed by atoms with Crippen molar-refractivity contribution in [3.8, 4) is 0 Å². The molecule has 0 spiro atoms. The Kier molecular flexibility index (Phi) is 5.30. The van der Waals surface area contributed by atoms with E-state index in [0.29, 0.717) is 22.9 Å². The number of thioether (sulfide) groups is 1. The minimum Gasteiger partial charge on any atom is -0.480 e. The predicted octanol–water partition coefficient (Wildman–Crippen LogP) is 1.42. The highest BCUT2D eigenvalue weighted by Gasteiger charge is 2.13. The van der Waals surface area contributed by atoms with Crippen molar-refractivity contribution >= 4 is 29.3 Å². The van der Waals surface area contributed by atoms with Crippen LogP contribution in [0.15, 0.2) is 0 Å². The van der Waals surface area contributed by atoms with Crippen LogP contribution in [-0.4, -0.2) is 32.7 Å². The highest BCUT2D eigenvalue weighted by Crippen LogP contribution is 2.24. The van der Waals surface area contributed by atoms with E-state index >= 15 is 0 Å². The van der Waals surface area contributed by atoms with E-state index in [4.69, 9.17) is 22.4 Å². The van der Waals surface area contributed by atoms with Gasteiger partial charge in [0, 0.05) is 12.8 Å². The molecule has 5 nitrogen and oxygen atoms in total. The number of hydrogen-bond donors (Lipinski definition) is 2. The lowest BCUT2D eigenvalue weighted by Crippen LogP contribution is -2.30. The average molecular weight is 278 g/mol. The second kappa shape index (κ2) is 6.28. The molecule has 0 aliphatic carbocycles. The van der Waals surface area contributed by atoms with Crippen LogP contribution in [0.25, 0.3) is 0 Å². The summed E-state index contributed by atoms with van der Waals surface area (Å²) < 4.78 is 1.75. The van der Waals surface area contributed by atoms with Crippen molar-refractivity contribution in [1.29, 1.82) is 0 Å². The van der Waals surface area contributed by atoms with Crippen LogP contribution in [-0.2, 0) is 17.6 Å². The number of aryl methyl sites for hydroxylation is 2. The minimum absolute atomic E-state index is 0.453. The SMILES string of the molecule is Cc1nn(C)c(CSCCC(N)C(=O)O)c1Cl. The number of carboxylic acids is 1. The number of nitrogens with two attached hydrogens (primary N) is 1. The van der Waals surface area contributed by atoms with Gasteiger partial charge >= 0.3 is 5.97 Å². The van der Waals surface area contributed by atoms with Gasteiger partial charge in [0.15, 0.2) is 0 Å². The largest absolute Gasteiger partial charge is 0.480 e. The van der Waals surface area contributed by atoms with Crippen LogP contribution in [0.2, 0.25) is 5.02 Å². The van der Waals surface area contributed by atoms with Crippen molar-refractivity contribution in [2.75, 3.05) is 5.75 Å². The molecule has 1 aromatic heterocycles. The van der Waals surface area contributed by atoms with E-state index in [1.54, 1.807) is 16.4 Å². The molecule has 0 saturated heterocycles. The zero-order valence-electron chi connectivity index (χ0n) is 9.81. The summed E-state index contributed by atoms with van der Waals surface area (Å²) in [4.78, 5) is 10.5. The van der Waals surface area contributed by atoms with Gasteiger partial charge in [-0.1, -0.05) is 11.6 Å². The van der Waals surface area contributed by atoms with Crippen LogP contribution in [0, 0.1) is 6.92 Å². The van der Waals surface area contributed by atoms with Crippen LogP contribution in [0.1, 0.15) is 17.8 Å². The fourth-order valence-corrected chi connectivity index (χ4v) is 2.74. The average Bonchev–Trinajstić information content (AvgIpc) is 2.49. The van der Waals surface area contributed by atoms with Crippen LogP contribution in [0.4, 0.5) is 0 Å². The van der Waals surface area contributed by atoms with E-state index in [0.717, 1.165) is 11.4 Å². The second-order valence-corrected chi connectivity index (χ2v) is 5.24. The maximum Gasteiger partial charge on any atom is 0.320 e. The molecule has 1 rings (SSSR count). The molecule has 0 aliphatic heterocycles. The summed E-state index contributed by atoms with van der Waals surface area (Å²) in [5.41, 5.74) is 7.17. The van der Waals surface area contributed by atoms with Crippen molar-refractivity contribution in [1.82, 2.24) is 9.78 Å². The van der Waals surface area contributed by atoms with Gasteiger partial charge in [0.1, 0.15) is 6.04 Å². The number of halogens is 1. The smallest absolute Gasteiger partial charge is 0.320 e. The molecule has 1 unspecified atom stereocenters. The van der Waals surface area contributed by atoms with Crippen molar-refractivity contribution in [2.24, 2.45) is 12.8 Å². The Morgan fingerprint density at radius 2 is 2.35 bits per heavy atom. The Morgan fingerprint density at radius 3 is 2.82 bits per heavy atom. The lowest BCUT2D eigenvalue weighted by atomic mass is 10.2. The zero-order chi connectivity index (χ0) is 13.0. The van der Waals surface area contributed by atoms with Gasteiger partial charge in [0.25, 0.3) is 0 Å². The molecular formula is C10H16ClN3O2S. The first-order valence-electron chi connectivity index (χ1n) is 5.17. The zero-order valence-corrected chi connectivity index (χ0v) is 11.4. The number of nitrogens with zero attached hydrogens (tertiary/aromatic N) is 2. The number of carbonyl (C=O) groups is 1. The summed E-state index contributed by atoms with van der Waals surface area (Å²) in [5, 5.41) is 13.5. The molecule has 0 fully saturated rings. The summed E-state index contributed by atoms with van der Waals surface area (Å²) in [6.45, 7) is 1.86. The normalized spacial score (nSPS) is 12.7. The van der Waals surface area contributed by atoms with Gasteiger partial charge in [0.2, 0.25) is 0 Å². The summed E-state index contributed by atoms with van der Waals surface area (Å²) in [6.07, 6.45) is 0.453. The Morgan fingerprint density at radius 1 is 1.71 bits per heavy atom. The van der Waals surface area contributed by atoms with Gasteiger partial charge in [-0.2, -0.15) is 16.9 Å². The van der Waals surface area contributed by atoms with Crippen molar-refractivity contribution in [3.05, 3.63) is 16.4 Å². The molecule has 3 N–H and O–H groups in total. The van der Waals surface area contributed by atoms with Crippen LogP contribution in [0.3, 0.4) is 0 Å². The standard InChI is InChI=1S/C10H16ClN3O2S/c1-6-9(11)8(14(2)13-6)5-17-4-3-7(12)10(15)16/h7H,3-5,12H2,1-2H3,(H,15,16). The molecule has 0 amide bonds. The molecule has 0 radical (unpaired) electrons. The third-order valence-electron chi connectivity index (χ3n) is 2.39. The van der Waals surface area contributed by atoms with Gasteiger partial charge in [-0.3, -0.25) is 9.48 Å². The lowest BCUT2D eigenvalue weighted by Gasteiger charge is -2.06. The third-order valence-corrected chi connectivity index (χ3v) is 3.88. The highest BCUT2D eigenvalue weighted by molar-refractivity contribution is 7.98. The van der Waals surface area contributed by atoms with Crippen LogP contribution in [0.5, 0.6) is 0 Å². The molecule has 1 heterocycles. The molecule has 17 heavy (non-hydrogen) atoms. The van der Waals surface area contributed by atoms with Crippen LogP contribution < -0.4 is 5.73 Å². The quantitative estimate of drug-likeness (QED) is 0.769. The van der Waals surface area contributed by atoms with Crippen LogP contribution >= 0.6 is 23.4 Å². The van der Waals surface area contributed by atoms with E-state index < -0.39 is 12.0 Å². The molecule has 0 aliphatic rings. The number of aromatic nitrogens is 2. The molecule has 96 valence electrons. The number of rotatable bonds is 6. The van der Waals surface area contributed by atoms with Crippen molar-refractivity contribution < 1.29 is 9.90 Å². The minimum atomic E-state index is -0.958. The summed E-state index contributed by atoms with van der Waals surface area (Å²) in [7, 11) is 1.84. The maximum absolute atomic E-state index is 10.5. The first-order valence-corrected chi connectivity index (χ1v) is 6.70. The summed E-state index contributed by atoms with van der Waals surface area (Å²) in [6, 6.07) is -0.786. The maximum atomic E-state index is 10.5. The topological polar surface area (TPSA) is 81.1 Å². The van der Waals surface area contributed by atoms with Gasteiger partial charge in [-0.25, -0.2) is 0 Å². The fourth-order valence-electron chi connectivity index (χ4n) is 1.34. The Labute approximate surface area is 109 Å². The van der Waals surface area contributed by atoms with Gasteiger partial charge in [-0.05, 0) is 19.1 Å². The Bertz CT molecular complexity index is 409. The van der Waals surface area contributed by atoms with E-state index in [-0.39, 0.29) is 0 Å². The molecular weight excluding hydrogens is 262 g/mol. The monoisotopic (exact) mass is 277 g/mol. The second-order valence-electron chi connectivity index (χ2n) is 3.76. The first kappa shape index (κ1) is 14.3. The van der Waals surface area contributed by atoms with Gasteiger partial charge in [0.05, 0.1) is 16.4 Å². The highest BCUT2D eigenvalue weighted by atomic mass is 35.5.